The Hall–Kier alpha value is -2.22. The number of halogens is 2. The van der Waals surface area contributed by atoms with Crippen LogP contribution in [-0.2, 0) is 17.8 Å². The second-order valence-corrected chi connectivity index (χ2v) is 9.01. The fourth-order valence-corrected chi connectivity index (χ4v) is 4.41. The van der Waals surface area contributed by atoms with Crippen molar-refractivity contribution >= 4 is 40.9 Å². The maximum Gasteiger partial charge on any atom is 0.343 e. The molecular weight excluding hydrogens is 443 g/mol. The summed E-state index contributed by atoms with van der Waals surface area (Å²) in [6.07, 6.45) is 0.695. The van der Waals surface area contributed by atoms with Gasteiger partial charge >= 0.3 is 5.69 Å². The molecule has 0 spiro atoms. The van der Waals surface area contributed by atoms with Crippen LogP contribution in [0, 0.1) is 0 Å². The molecule has 3 rings (SSSR count). The second-order valence-electron chi connectivity index (χ2n) is 6.85. The lowest BCUT2D eigenvalue weighted by atomic mass is 10.1. The van der Waals surface area contributed by atoms with Gasteiger partial charge in [0.2, 0.25) is 5.91 Å². The molecule has 3 aromatic rings. The minimum atomic E-state index is -0.454. The summed E-state index contributed by atoms with van der Waals surface area (Å²) in [5.74, 6) is -0.177. The third-order valence-electron chi connectivity index (χ3n) is 4.63. The lowest BCUT2D eigenvalue weighted by Crippen LogP contribution is -2.33. The molecule has 0 aliphatic rings. The summed E-state index contributed by atoms with van der Waals surface area (Å²) in [7, 11) is 0. The Bertz CT molecular complexity index is 1070. The molecule has 1 aromatic heterocycles. The highest BCUT2D eigenvalue weighted by Crippen LogP contribution is 2.27. The lowest BCUT2D eigenvalue weighted by Gasteiger charge is -2.18. The van der Waals surface area contributed by atoms with Crippen LogP contribution in [0.4, 0.5) is 0 Å². The molecule has 2 aromatic carbocycles. The van der Waals surface area contributed by atoms with Crippen LogP contribution in [0.25, 0.3) is 0 Å². The fourth-order valence-electron chi connectivity index (χ4n) is 2.95. The standard InChI is InChI=1S/C21H22Cl2N4O2S/c1-13(17-9-8-16(22)12-18(17)23)24-19(28)14(2)30-21-26-25-20(29)27(21)11-10-15-6-4-3-5-7-15/h3-9,12-14H,10-11H2,1-2H3,(H,24,28)(H,25,29). The zero-order valence-corrected chi connectivity index (χ0v) is 18.9. The van der Waals surface area contributed by atoms with Crippen LogP contribution in [0.5, 0.6) is 0 Å². The number of carbonyl (C=O) groups excluding carboxylic acids is 1. The smallest absolute Gasteiger partial charge is 0.343 e. The van der Waals surface area contributed by atoms with E-state index in [0.717, 1.165) is 11.1 Å². The second kappa shape index (κ2) is 10.2. The van der Waals surface area contributed by atoms with E-state index in [9.17, 15) is 9.59 Å². The molecule has 0 radical (unpaired) electrons. The van der Waals surface area contributed by atoms with Crippen LogP contribution in [0.3, 0.4) is 0 Å². The van der Waals surface area contributed by atoms with Crippen molar-refractivity contribution < 1.29 is 4.79 Å². The molecule has 9 heteroatoms. The first kappa shape index (κ1) is 22.5. The minimum Gasteiger partial charge on any atom is -0.349 e. The summed E-state index contributed by atoms with van der Waals surface area (Å²) in [5, 5.41) is 10.6. The van der Waals surface area contributed by atoms with Gasteiger partial charge in [-0.1, -0.05) is 71.4 Å². The average Bonchev–Trinajstić information content (AvgIpc) is 3.06. The van der Waals surface area contributed by atoms with Gasteiger partial charge in [-0.3, -0.25) is 9.36 Å². The topological polar surface area (TPSA) is 79.8 Å². The van der Waals surface area contributed by atoms with E-state index in [-0.39, 0.29) is 17.6 Å². The number of hydrogen-bond donors (Lipinski definition) is 2. The van der Waals surface area contributed by atoms with E-state index < -0.39 is 5.25 Å². The van der Waals surface area contributed by atoms with Gasteiger partial charge in [-0.2, -0.15) is 0 Å². The normalized spacial score (nSPS) is 13.1. The van der Waals surface area contributed by atoms with Crippen LogP contribution < -0.4 is 11.0 Å². The van der Waals surface area contributed by atoms with Crippen molar-refractivity contribution in [3.8, 4) is 0 Å². The lowest BCUT2D eigenvalue weighted by molar-refractivity contribution is -0.120. The quantitative estimate of drug-likeness (QED) is 0.481. The van der Waals surface area contributed by atoms with Crippen LogP contribution in [-0.4, -0.2) is 25.9 Å². The number of thioether (sulfide) groups is 1. The van der Waals surface area contributed by atoms with Gasteiger partial charge in [0, 0.05) is 16.6 Å². The zero-order valence-electron chi connectivity index (χ0n) is 16.6. The third-order valence-corrected chi connectivity index (χ3v) is 6.28. The molecule has 2 unspecified atom stereocenters. The van der Waals surface area contributed by atoms with Crippen molar-refractivity contribution in [2.45, 2.75) is 43.3 Å². The van der Waals surface area contributed by atoms with Gasteiger partial charge in [-0.15, -0.1) is 5.10 Å². The Morgan fingerprint density at radius 2 is 1.93 bits per heavy atom. The van der Waals surface area contributed by atoms with E-state index in [0.29, 0.717) is 28.2 Å². The SMILES string of the molecule is CC(Sc1n[nH]c(=O)n1CCc1ccccc1)C(=O)NC(C)c1ccc(Cl)cc1Cl. The van der Waals surface area contributed by atoms with E-state index in [1.54, 1.807) is 29.7 Å². The maximum atomic E-state index is 12.7. The number of carbonyl (C=O) groups is 1. The van der Waals surface area contributed by atoms with Gasteiger partial charge in [-0.05, 0) is 43.5 Å². The highest BCUT2D eigenvalue weighted by Gasteiger charge is 2.21. The summed E-state index contributed by atoms with van der Waals surface area (Å²) in [6.45, 7) is 4.11. The predicted molar refractivity (Wildman–Crippen MR) is 121 cm³/mol. The largest absolute Gasteiger partial charge is 0.349 e. The van der Waals surface area contributed by atoms with Gasteiger partial charge < -0.3 is 5.32 Å². The molecule has 0 aliphatic carbocycles. The zero-order chi connectivity index (χ0) is 21.7. The Morgan fingerprint density at radius 3 is 2.63 bits per heavy atom. The first-order chi connectivity index (χ1) is 14.3. The molecule has 1 amide bonds. The average molecular weight is 465 g/mol. The summed E-state index contributed by atoms with van der Waals surface area (Å²) in [5.41, 5.74) is 1.62. The van der Waals surface area contributed by atoms with Crippen LogP contribution in [0.1, 0.15) is 31.0 Å². The van der Waals surface area contributed by atoms with E-state index in [2.05, 4.69) is 15.5 Å². The van der Waals surface area contributed by atoms with Crippen molar-refractivity contribution in [3.63, 3.8) is 0 Å². The number of nitrogens with zero attached hydrogens (tertiary/aromatic N) is 2. The molecule has 0 bridgehead atoms. The van der Waals surface area contributed by atoms with E-state index >= 15 is 0 Å². The highest BCUT2D eigenvalue weighted by molar-refractivity contribution is 8.00. The van der Waals surface area contributed by atoms with Crippen LogP contribution in [0.15, 0.2) is 58.5 Å². The summed E-state index contributed by atoms with van der Waals surface area (Å²) in [6, 6.07) is 14.8. The van der Waals surface area contributed by atoms with Crippen LogP contribution >= 0.6 is 35.0 Å². The molecule has 0 saturated heterocycles. The van der Waals surface area contributed by atoms with Crippen molar-refractivity contribution in [2.24, 2.45) is 0 Å². The van der Waals surface area contributed by atoms with E-state index in [4.69, 9.17) is 23.2 Å². The Balaban J connectivity index is 1.63. The number of H-pyrrole nitrogens is 1. The summed E-state index contributed by atoms with van der Waals surface area (Å²) in [4.78, 5) is 24.8. The van der Waals surface area contributed by atoms with Crippen molar-refractivity contribution in [3.05, 3.63) is 80.2 Å². The monoisotopic (exact) mass is 464 g/mol. The Morgan fingerprint density at radius 1 is 1.20 bits per heavy atom. The number of nitrogens with one attached hydrogen (secondary N) is 2. The molecule has 6 nitrogen and oxygen atoms in total. The van der Waals surface area contributed by atoms with Crippen molar-refractivity contribution in [2.75, 3.05) is 0 Å². The fraction of sp³-hybridized carbons (Fsp3) is 0.286. The predicted octanol–water partition coefficient (Wildman–Crippen LogP) is 4.48. The van der Waals surface area contributed by atoms with E-state index in [1.165, 1.54) is 11.8 Å². The molecule has 158 valence electrons. The summed E-state index contributed by atoms with van der Waals surface area (Å²) >= 11 is 13.4. The molecule has 2 atom stereocenters. The minimum absolute atomic E-state index is 0.177. The van der Waals surface area contributed by atoms with Crippen molar-refractivity contribution in [1.82, 2.24) is 20.1 Å². The third kappa shape index (κ3) is 5.68. The number of amides is 1. The van der Waals surface area contributed by atoms with Crippen LogP contribution in [0.2, 0.25) is 10.0 Å². The van der Waals surface area contributed by atoms with Gasteiger partial charge in [0.25, 0.3) is 0 Å². The Labute approximate surface area is 189 Å². The number of benzene rings is 2. The van der Waals surface area contributed by atoms with E-state index in [1.807, 2.05) is 37.3 Å². The number of hydrogen-bond acceptors (Lipinski definition) is 4. The van der Waals surface area contributed by atoms with Gasteiger partial charge in [0.15, 0.2) is 5.16 Å². The molecular formula is C21H22Cl2N4O2S. The molecule has 0 aliphatic heterocycles. The first-order valence-corrected chi connectivity index (χ1v) is 11.1. The van der Waals surface area contributed by atoms with Gasteiger partial charge in [-0.25, -0.2) is 9.89 Å². The Kier molecular flexibility index (Phi) is 7.64. The number of aromatic amines is 1. The molecule has 1 heterocycles. The molecule has 0 fully saturated rings. The molecule has 0 saturated carbocycles. The number of aryl methyl sites for hydroxylation is 1. The van der Waals surface area contributed by atoms with Crippen molar-refractivity contribution in [1.29, 1.82) is 0 Å². The van der Waals surface area contributed by atoms with Gasteiger partial charge in [0.05, 0.1) is 11.3 Å². The molecule has 2 N–H and O–H groups in total. The number of rotatable bonds is 8. The molecule has 30 heavy (non-hydrogen) atoms. The maximum absolute atomic E-state index is 12.7. The highest BCUT2D eigenvalue weighted by atomic mass is 35.5. The van der Waals surface area contributed by atoms with Gasteiger partial charge in [0.1, 0.15) is 0 Å². The summed E-state index contributed by atoms with van der Waals surface area (Å²) < 4.78 is 1.56. The first-order valence-electron chi connectivity index (χ1n) is 9.46. The number of aromatic nitrogens is 3.